The largest absolute Gasteiger partial charge is 0.480 e. The van der Waals surface area contributed by atoms with Gasteiger partial charge in [0.15, 0.2) is 0 Å². The first kappa shape index (κ1) is 14.9. The highest BCUT2D eigenvalue weighted by Gasteiger charge is 2.26. The second kappa shape index (κ2) is 7.33. The Kier molecular flexibility index (Phi) is 6.07. The number of carboxylic acids is 1. The van der Waals surface area contributed by atoms with Crippen molar-refractivity contribution in [3.05, 3.63) is 0 Å². The molecule has 1 fully saturated rings. The molecule has 0 saturated carbocycles. The van der Waals surface area contributed by atoms with Crippen LogP contribution in [-0.4, -0.2) is 60.1 Å². The lowest BCUT2D eigenvalue weighted by molar-refractivity contribution is -0.142. The van der Waals surface area contributed by atoms with E-state index in [2.05, 4.69) is 15.5 Å². The monoisotopic (exact) mass is 257 g/mol. The van der Waals surface area contributed by atoms with Gasteiger partial charge in [0.05, 0.1) is 0 Å². The molecule has 1 amide bonds. The van der Waals surface area contributed by atoms with Gasteiger partial charge in [-0.2, -0.15) is 0 Å². The number of nitrogens with one attached hydrogen (secondary N) is 2. The van der Waals surface area contributed by atoms with Crippen LogP contribution in [0.1, 0.15) is 26.7 Å². The van der Waals surface area contributed by atoms with Crippen molar-refractivity contribution in [2.24, 2.45) is 0 Å². The normalized spacial score (nSPS) is 18.6. The Hall–Kier alpha value is -1.14. The molecule has 6 heteroatoms. The first-order valence-corrected chi connectivity index (χ1v) is 6.49. The van der Waals surface area contributed by atoms with E-state index in [-0.39, 0.29) is 5.91 Å². The van der Waals surface area contributed by atoms with Crippen LogP contribution in [0.3, 0.4) is 0 Å². The third-order valence-corrected chi connectivity index (χ3v) is 3.32. The van der Waals surface area contributed by atoms with Crippen LogP contribution in [0.15, 0.2) is 0 Å². The number of carboxylic acid groups (broad SMARTS) is 1. The summed E-state index contributed by atoms with van der Waals surface area (Å²) in [6.07, 6.45) is 2.06. The molecule has 18 heavy (non-hydrogen) atoms. The van der Waals surface area contributed by atoms with Crippen LogP contribution in [-0.2, 0) is 9.59 Å². The van der Waals surface area contributed by atoms with Crippen LogP contribution in [0.25, 0.3) is 0 Å². The number of rotatable bonds is 6. The average Bonchev–Trinajstić information content (AvgIpc) is 2.34. The van der Waals surface area contributed by atoms with Crippen molar-refractivity contribution in [1.29, 1.82) is 0 Å². The van der Waals surface area contributed by atoms with Crippen molar-refractivity contribution >= 4 is 11.9 Å². The number of piperidine rings is 1. The van der Waals surface area contributed by atoms with E-state index in [0.717, 1.165) is 32.5 Å². The highest BCUT2D eigenvalue weighted by atomic mass is 16.4. The van der Waals surface area contributed by atoms with Crippen molar-refractivity contribution in [3.8, 4) is 0 Å². The molecule has 1 rings (SSSR count). The minimum Gasteiger partial charge on any atom is -0.480 e. The molecule has 0 spiro atoms. The van der Waals surface area contributed by atoms with E-state index >= 15 is 0 Å². The predicted octanol–water partition coefficient (Wildman–Crippen LogP) is -0.350. The second-order valence-corrected chi connectivity index (χ2v) is 4.66. The van der Waals surface area contributed by atoms with Crippen molar-refractivity contribution in [2.75, 3.05) is 26.2 Å². The zero-order chi connectivity index (χ0) is 13.5. The summed E-state index contributed by atoms with van der Waals surface area (Å²) in [5.74, 6) is -1.28. The van der Waals surface area contributed by atoms with Gasteiger partial charge in [0.25, 0.3) is 0 Å². The number of carbonyl (C=O) groups is 2. The number of carbonyl (C=O) groups excluding carboxylic acids is 1. The van der Waals surface area contributed by atoms with Gasteiger partial charge in [-0.1, -0.05) is 6.92 Å². The van der Waals surface area contributed by atoms with Crippen LogP contribution in [0, 0.1) is 0 Å². The molecule has 104 valence electrons. The van der Waals surface area contributed by atoms with Crippen molar-refractivity contribution < 1.29 is 14.7 Å². The number of hydrogen-bond acceptors (Lipinski definition) is 4. The third kappa shape index (κ3) is 4.62. The molecule has 0 radical (unpaired) electrons. The Morgan fingerprint density at radius 1 is 1.44 bits per heavy atom. The van der Waals surface area contributed by atoms with Gasteiger partial charge in [-0.25, -0.2) is 4.79 Å². The summed E-state index contributed by atoms with van der Waals surface area (Å²) in [7, 11) is 0. The molecular formula is C12H23N3O3. The lowest BCUT2D eigenvalue weighted by Gasteiger charge is -2.35. The first-order valence-electron chi connectivity index (χ1n) is 6.49. The molecular weight excluding hydrogens is 234 g/mol. The zero-order valence-corrected chi connectivity index (χ0v) is 11.1. The first-order chi connectivity index (χ1) is 8.54. The van der Waals surface area contributed by atoms with Crippen LogP contribution in [0.5, 0.6) is 0 Å². The summed E-state index contributed by atoms with van der Waals surface area (Å²) < 4.78 is 0. The van der Waals surface area contributed by atoms with E-state index < -0.39 is 12.0 Å². The molecule has 0 aliphatic carbocycles. The Bertz CT molecular complexity index is 290. The molecule has 0 bridgehead atoms. The molecule has 1 heterocycles. The Balaban J connectivity index is 2.57. The molecule has 3 N–H and O–H groups in total. The fourth-order valence-electron chi connectivity index (χ4n) is 2.37. The summed E-state index contributed by atoms with van der Waals surface area (Å²) in [6, 6.07) is -0.413. The molecule has 1 saturated heterocycles. The van der Waals surface area contributed by atoms with Gasteiger partial charge in [0.1, 0.15) is 6.04 Å². The van der Waals surface area contributed by atoms with Gasteiger partial charge in [0.2, 0.25) is 5.91 Å². The number of hydrogen-bond donors (Lipinski definition) is 3. The minimum absolute atomic E-state index is 0.302. The number of nitrogens with zero attached hydrogens (tertiary/aromatic N) is 1. The van der Waals surface area contributed by atoms with Gasteiger partial charge >= 0.3 is 5.97 Å². The maximum Gasteiger partial charge on any atom is 0.327 e. The molecule has 0 aromatic rings. The molecule has 1 aliphatic rings. The van der Waals surface area contributed by atoms with E-state index in [1.165, 1.54) is 6.92 Å². The Morgan fingerprint density at radius 3 is 2.50 bits per heavy atom. The lowest BCUT2D eigenvalue weighted by atomic mass is 10.0. The smallest absolute Gasteiger partial charge is 0.327 e. The van der Waals surface area contributed by atoms with Crippen molar-refractivity contribution in [3.63, 3.8) is 0 Å². The van der Waals surface area contributed by atoms with E-state index in [0.29, 0.717) is 12.6 Å². The summed E-state index contributed by atoms with van der Waals surface area (Å²) in [5.41, 5.74) is 0. The molecule has 1 atom stereocenters. The number of aliphatic carboxylic acids is 1. The number of likely N-dealkylation sites (N-methyl/N-ethyl adjacent to an activating group) is 1. The molecule has 1 unspecified atom stereocenters. The third-order valence-electron chi connectivity index (χ3n) is 3.32. The van der Waals surface area contributed by atoms with Crippen molar-refractivity contribution in [1.82, 2.24) is 15.5 Å². The van der Waals surface area contributed by atoms with E-state index in [9.17, 15) is 9.59 Å². The molecule has 0 aromatic carbocycles. The Morgan fingerprint density at radius 2 is 2.06 bits per heavy atom. The summed E-state index contributed by atoms with van der Waals surface area (Å²) in [5, 5.41) is 14.9. The second-order valence-electron chi connectivity index (χ2n) is 4.66. The Labute approximate surface area is 108 Å². The standard InChI is InChI=1S/C12H23N3O3/c1-3-15(10-4-6-13-7-5-10)8-11(12(17)18)14-9(2)16/h10-11,13H,3-8H2,1-2H3,(H,14,16)(H,17,18). The average molecular weight is 257 g/mol. The maximum absolute atomic E-state index is 11.1. The van der Waals surface area contributed by atoms with Gasteiger partial charge in [-0.05, 0) is 32.5 Å². The molecule has 6 nitrogen and oxygen atoms in total. The quantitative estimate of drug-likeness (QED) is 0.606. The molecule has 0 aromatic heterocycles. The minimum atomic E-state index is -0.974. The summed E-state index contributed by atoms with van der Waals surface area (Å²) in [6.45, 7) is 6.48. The zero-order valence-electron chi connectivity index (χ0n) is 11.1. The molecule has 1 aliphatic heterocycles. The van der Waals surface area contributed by atoms with Crippen LogP contribution in [0.4, 0.5) is 0 Å². The summed E-state index contributed by atoms with van der Waals surface area (Å²) >= 11 is 0. The predicted molar refractivity (Wildman–Crippen MR) is 68.4 cm³/mol. The van der Waals surface area contributed by atoms with Gasteiger partial charge in [-0.3, -0.25) is 9.69 Å². The topological polar surface area (TPSA) is 81.7 Å². The fourth-order valence-corrected chi connectivity index (χ4v) is 2.37. The maximum atomic E-state index is 11.1. The number of amides is 1. The van der Waals surface area contributed by atoms with E-state index in [1.807, 2.05) is 6.92 Å². The summed E-state index contributed by atoms with van der Waals surface area (Å²) in [4.78, 5) is 24.3. The highest BCUT2D eigenvalue weighted by Crippen LogP contribution is 2.12. The van der Waals surface area contributed by atoms with Crippen LogP contribution < -0.4 is 10.6 Å². The fraction of sp³-hybridized carbons (Fsp3) is 0.833. The highest BCUT2D eigenvalue weighted by molar-refractivity contribution is 5.82. The van der Waals surface area contributed by atoms with Gasteiger partial charge in [0, 0.05) is 19.5 Å². The van der Waals surface area contributed by atoms with Gasteiger partial charge in [-0.15, -0.1) is 0 Å². The van der Waals surface area contributed by atoms with E-state index in [4.69, 9.17) is 5.11 Å². The lowest BCUT2D eigenvalue weighted by Crippen LogP contribution is -2.52. The van der Waals surface area contributed by atoms with Crippen LogP contribution >= 0.6 is 0 Å². The van der Waals surface area contributed by atoms with Crippen LogP contribution in [0.2, 0.25) is 0 Å². The van der Waals surface area contributed by atoms with Gasteiger partial charge < -0.3 is 15.7 Å². The van der Waals surface area contributed by atoms with Crippen molar-refractivity contribution in [2.45, 2.75) is 38.8 Å². The SMILES string of the molecule is CCN(CC(NC(C)=O)C(=O)O)C1CCNCC1. The van der Waals surface area contributed by atoms with E-state index in [1.54, 1.807) is 0 Å².